The molecule has 0 aliphatic heterocycles. The Bertz CT molecular complexity index is 546. The lowest BCUT2D eigenvalue weighted by Crippen LogP contribution is -2.13. The van der Waals surface area contributed by atoms with E-state index in [1.807, 2.05) is 10.7 Å². The molecule has 104 valence electrons. The maximum atomic E-state index is 13.3. The molecule has 4 heteroatoms. The maximum absolute atomic E-state index is 13.3. The molecule has 0 aliphatic carbocycles. The third-order valence-electron chi connectivity index (χ3n) is 3.35. The van der Waals surface area contributed by atoms with E-state index in [2.05, 4.69) is 31.0 Å². The third kappa shape index (κ3) is 3.32. The molecule has 0 radical (unpaired) electrons. The van der Waals surface area contributed by atoms with Crippen LogP contribution in [0.3, 0.4) is 0 Å². The van der Waals surface area contributed by atoms with Crippen LogP contribution in [0.15, 0.2) is 18.2 Å². The number of aromatic nitrogens is 2. The third-order valence-corrected chi connectivity index (χ3v) is 3.35. The van der Waals surface area contributed by atoms with Crippen molar-refractivity contribution >= 4 is 10.9 Å². The zero-order valence-corrected chi connectivity index (χ0v) is 12.0. The Hall–Kier alpha value is -1.42. The van der Waals surface area contributed by atoms with Crippen molar-refractivity contribution < 1.29 is 4.39 Å². The number of rotatable bonds is 6. The number of fused-ring (bicyclic) bond motifs is 1. The summed E-state index contributed by atoms with van der Waals surface area (Å²) in [6, 6.07) is 4.94. The summed E-state index contributed by atoms with van der Waals surface area (Å²) in [5, 5.41) is 5.56. The Labute approximate surface area is 114 Å². The van der Waals surface area contributed by atoms with Crippen LogP contribution in [0.4, 0.5) is 4.39 Å². The second-order valence-corrected chi connectivity index (χ2v) is 5.20. The summed E-state index contributed by atoms with van der Waals surface area (Å²) in [5.74, 6) is -0.186. The molecule has 0 aliphatic rings. The fraction of sp³-hybridized carbons (Fsp3) is 0.533. The molecular formula is C15H22FN3. The summed E-state index contributed by atoms with van der Waals surface area (Å²) in [5.41, 5.74) is 2.03. The molecule has 0 amide bonds. The van der Waals surface area contributed by atoms with Crippen LogP contribution in [0.2, 0.25) is 0 Å². The van der Waals surface area contributed by atoms with Gasteiger partial charge < -0.3 is 4.90 Å². The van der Waals surface area contributed by atoms with Crippen LogP contribution in [0.1, 0.15) is 25.5 Å². The molecule has 1 aromatic heterocycles. The zero-order chi connectivity index (χ0) is 13.8. The van der Waals surface area contributed by atoms with Crippen LogP contribution in [-0.2, 0) is 13.0 Å². The quantitative estimate of drug-likeness (QED) is 0.747. The SMILES string of the molecule is CCc1nn(CCCCN(C)C)c2ccc(F)cc12. The summed E-state index contributed by atoms with van der Waals surface area (Å²) in [6.07, 6.45) is 3.08. The first kappa shape index (κ1) is 14.0. The van der Waals surface area contributed by atoms with Crippen LogP contribution in [0.5, 0.6) is 0 Å². The number of benzene rings is 1. The average molecular weight is 263 g/mol. The number of halogens is 1. The van der Waals surface area contributed by atoms with Gasteiger partial charge in [0, 0.05) is 11.9 Å². The van der Waals surface area contributed by atoms with E-state index >= 15 is 0 Å². The van der Waals surface area contributed by atoms with Gasteiger partial charge in [-0.3, -0.25) is 4.68 Å². The number of hydrogen-bond donors (Lipinski definition) is 0. The summed E-state index contributed by atoms with van der Waals surface area (Å²) in [4.78, 5) is 2.19. The fourth-order valence-corrected chi connectivity index (χ4v) is 2.34. The van der Waals surface area contributed by atoms with E-state index in [9.17, 15) is 4.39 Å². The van der Waals surface area contributed by atoms with Crippen LogP contribution < -0.4 is 0 Å². The van der Waals surface area contributed by atoms with Gasteiger partial charge in [0.25, 0.3) is 0 Å². The van der Waals surface area contributed by atoms with Crippen molar-refractivity contribution in [1.82, 2.24) is 14.7 Å². The molecule has 0 saturated heterocycles. The molecule has 2 aromatic rings. The normalized spacial score (nSPS) is 11.6. The van der Waals surface area contributed by atoms with E-state index in [4.69, 9.17) is 0 Å². The molecule has 1 heterocycles. The van der Waals surface area contributed by atoms with Crippen molar-refractivity contribution in [3.63, 3.8) is 0 Å². The van der Waals surface area contributed by atoms with Crippen molar-refractivity contribution in [2.24, 2.45) is 0 Å². The number of nitrogens with zero attached hydrogens (tertiary/aromatic N) is 3. The van der Waals surface area contributed by atoms with E-state index in [0.29, 0.717) is 0 Å². The van der Waals surface area contributed by atoms with Gasteiger partial charge in [0.05, 0.1) is 11.2 Å². The van der Waals surface area contributed by atoms with Crippen molar-refractivity contribution in [3.05, 3.63) is 29.7 Å². The van der Waals surface area contributed by atoms with Gasteiger partial charge >= 0.3 is 0 Å². The minimum atomic E-state index is -0.186. The molecule has 0 N–H and O–H groups in total. The molecule has 0 spiro atoms. The lowest BCUT2D eigenvalue weighted by molar-refractivity contribution is 0.385. The van der Waals surface area contributed by atoms with Crippen LogP contribution >= 0.6 is 0 Å². The van der Waals surface area contributed by atoms with Crippen LogP contribution in [0, 0.1) is 5.82 Å². The van der Waals surface area contributed by atoms with E-state index in [1.165, 1.54) is 6.07 Å². The predicted molar refractivity (Wildman–Crippen MR) is 76.9 cm³/mol. The Morgan fingerprint density at radius 2 is 2.05 bits per heavy atom. The highest BCUT2D eigenvalue weighted by Crippen LogP contribution is 2.20. The predicted octanol–water partition coefficient (Wildman–Crippen LogP) is 3.08. The minimum Gasteiger partial charge on any atom is -0.309 e. The van der Waals surface area contributed by atoms with Crippen LogP contribution in [-0.4, -0.2) is 35.3 Å². The Morgan fingerprint density at radius 3 is 2.74 bits per heavy atom. The van der Waals surface area contributed by atoms with Crippen LogP contribution in [0.25, 0.3) is 10.9 Å². The highest BCUT2D eigenvalue weighted by Gasteiger charge is 2.09. The van der Waals surface area contributed by atoms with Crippen molar-refractivity contribution in [1.29, 1.82) is 0 Å². The van der Waals surface area contributed by atoms with Gasteiger partial charge in [0.1, 0.15) is 5.82 Å². The van der Waals surface area contributed by atoms with Crippen molar-refractivity contribution in [2.75, 3.05) is 20.6 Å². The highest BCUT2D eigenvalue weighted by molar-refractivity contribution is 5.82. The molecule has 1 aromatic carbocycles. The Kier molecular flexibility index (Phi) is 4.53. The number of unbranched alkanes of at least 4 members (excludes halogenated alkanes) is 1. The monoisotopic (exact) mass is 263 g/mol. The van der Waals surface area contributed by atoms with E-state index < -0.39 is 0 Å². The second kappa shape index (κ2) is 6.15. The molecule has 0 unspecified atom stereocenters. The fourth-order valence-electron chi connectivity index (χ4n) is 2.34. The Balaban J connectivity index is 2.14. The van der Waals surface area contributed by atoms with Gasteiger partial charge in [-0.05, 0) is 58.1 Å². The van der Waals surface area contributed by atoms with E-state index in [0.717, 1.165) is 48.9 Å². The number of hydrogen-bond acceptors (Lipinski definition) is 2. The van der Waals surface area contributed by atoms with Gasteiger partial charge in [0.2, 0.25) is 0 Å². The van der Waals surface area contributed by atoms with Gasteiger partial charge in [-0.15, -0.1) is 0 Å². The van der Waals surface area contributed by atoms with E-state index in [-0.39, 0.29) is 5.82 Å². The van der Waals surface area contributed by atoms with Crippen molar-refractivity contribution in [2.45, 2.75) is 32.7 Å². The smallest absolute Gasteiger partial charge is 0.124 e. The lowest BCUT2D eigenvalue weighted by Gasteiger charge is -2.09. The zero-order valence-electron chi connectivity index (χ0n) is 12.0. The molecule has 19 heavy (non-hydrogen) atoms. The molecule has 0 fully saturated rings. The first-order chi connectivity index (χ1) is 9.11. The maximum Gasteiger partial charge on any atom is 0.124 e. The minimum absolute atomic E-state index is 0.186. The van der Waals surface area contributed by atoms with Gasteiger partial charge in [0.15, 0.2) is 0 Å². The standard InChI is InChI=1S/C15H22FN3/c1-4-14-13-11-12(16)7-8-15(13)19(17-14)10-6-5-9-18(2)3/h7-8,11H,4-6,9-10H2,1-3H3. The first-order valence-corrected chi connectivity index (χ1v) is 6.91. The topological polar surface area (TPSA) is 21.1 Å². The Morgan fingerprint density at radius 1 is 1.26 bits per heavy atom. The van der Waals surface area contributed by atoms with Gasteiger partial charge in [-0.2, -0.15) is 5.10 Å². The summed E-state index contributed by atoms with van der Waals surface area (Å²) in [6.45, 7) is 4.05. The largest absolute Gasteiger partial charge is 0.309 e. The van der Waals surface area contributed by atoms with Crippen molar-refractivity contribution in [3.8, 4) is 0 Å². The average Bonchev–Trinajstić information content (AvgIpc) is 2.72. The summed E-state index contributed by atoms with van der Waals surface area (Å²) < 4.78 is 15.3. The lowest BCUT2D eigenvalue weighted by atomic mass is 10.2. The summed E-state index contributed by atoms with van der Waals surface area (Å²) >= 11 is 0. The molecular weight excluding hydrogens is 241 g/mol. The number of aryl methyl sites for hydroxylation is 2. The van der Waals surface area contributed by atoms with Gasteiger partial charge in [-0.1, -0.05) is 6.92 Å². The highest BCUT2D eigenvalue weighted by atomic mass is 19.1. The molecule has 0 bridgehead atoms. The molecule has 2 rings (SSSR count). The molecule has 0 atom stereocenters. The first-order valence-electron chi connectivity index (χ1n) is 6.91. The molecule has 3 nitrogen and oxygen atoms in total. The van der Waals surface area contributed by atoms with E-state index in [1.54, 1.807) is 6.07 Å². The van der Waals surface area contributed by atoms with Gasteiger partial charge in [-0.25, -0.2) is 4.39 Å². The molecule has 0 saturated carbocycles. The summed E-state index contributed by atoms with van der Waals surface area (Å²) in [7, 11) is 4.17. The second-order valence-electron chi connectivity index (χ2n) is 5.20.